The summed E-state index contributed by atoms with van der Waals surface area (Å²) in [4.78, 5) is 66.9. The van der Waals surface area contributed by atoms with Crippen LogP contribution in [0.2, 0.25) is 0 Å². The molecule has 0 fully saturated rings. The van der Waals surface area contributed by atoms with Gasteiger partial charge >= 0.3 is 5.97 Å². The van der Waals surface area contributed by atoms with Gasteiger partial charge in [0, 0.05) is 24.7 Å². The summed E-state index contributed by atoms with van der Waals surface area (Å²) < 4.78 is 0. The predicted molar refractivity (Wildman–Crippen MR) is 119 cm³/mol. The number of aromatic amines is 1. The first-order valence-corrected chi connectivity index (χ1v) is 10.8. The predicted octanol–water partition coefficient (Wildman–Crippen LogP) is -2.88. The van der Waals surface area contributed by atoms with Crippen molar-refractivity contribution in [2.24, 2.45) is 17.4 Å². The minimum Gasteiger partial charge on any atom is -0.480 e. The van der Waals surface area contributed by atoms with E-state index in [1.165, 1.54) is 12.5 Å². The number of H-pyrrole nitrogens is 1. The van der Waals surface area contributed by atoms with E-state index in [9.17, 15) is 34.2 Å². The van der Waals surface area contributed by atoms with Crippen molar-refractivity contribution in [3.05, 3.63) is 18.2 Å². The average Bonchev–Trinajstić information content (AvgIpc) is 3.30. The fraction of sp³-hybridized carbons (Fsp3) is 0.600. The number of hydrogen-bond acceptors (Lipinski definition) is 8. The minimum absolute atomic E-state index is 0.0130. The van der Waals surface area contributed by atoms with Crippen molar-refractivity contribution in [1.29, 1.82) is 0 Å². The number of carboxylic acids is 1. The molecule has 0 bridgehead atoms. The minimum atomic E-state index is -1.52. The van der Waals surface area contributed by atoms with E-state index in [0.717, 1.165) is 0 Å². The molecule has 0 radical (unpaired) electrons. The highest BCUT2D eigenvalue weighted by molar-refractivity contribution is 5.94. The molecule has 5 atom stereocenters. The van der Waals surface area contributed by atoms with E-state index >= 15 is 0 Å². The normalized spacial score (nSPS) is 15.3. The monoisotopic (exact) mass is 483 g/mol. The third-order valence-electron chi connectivity index (χ3n) is 5.28. The van der Waals surface area contributed by atoms with Gasteiger partial charge in [0.2, 0.25) is 23.6 Å². The summed E-state index contributed by atoms with van der Waals surface area (Å²) in [6.45, 7) is 2.80. The highest BCUT2D eigenvalue weighted by atomic mass is 16.4. The topological polar surface area (TPSA) is 243 Å². The Labute approximate surface area is 196 Å². The molecule has 1 heterocycles. The molecule has 190 valence electrons. The van der Waals surface area contributed by atoms with Crippen LogP contribution in [0, 0.1) is 5.92 Å². The zero-order valence-electron chi connectivity index (χ0n) is 19.1. The molecule has 0 spiro atoms. The Morgan fingerprint density at radius 3 is 2.15 bits per heavy atom. The number of aliphatic hydroxyl groups excluding tert-OH is 1. The molecule has 0 saturated carbocycles. The molecule has 4 amide bonds. The van der Waals surface area contributed by atoms with Crippen molar-refractivity contribution in [2.75, 3.05) is 6.61 Å². The lowest BCUT2D eigenvalue weighted by atomic mass is 9.98. The quantitative estimate of drug-likeness (QED) is 0.127. The molecule has 0 aliphatic heterocycles. The van der Waals surface area contributed by atoms with Gasteiger partial charge in [0.15, 0.2) is 0 Å². The number of carboxylic acid groups (broad SMARTS) is 1. The van der Waals surface area contributed by atoms with Crippen molar-refractivity contribution in [1.82, 2.24) is 25.9 Å². The van der Waals surface area contributed by atoms with Crippen LogP contribution in [0.3, 0.4) is 0 Å². The van der Waals surface area contributed by atoms with E-state index in [1.54, 1.807) is 6.92 Å². The maximum absolute atomic E-state index is 12.9. The number of carbonyl (C=O) groups excluding carboxylic acids is 4. The van der Waals surface area contributed by atoms with Gasteiger partial charge in [-0.3, -0.25) is 19.2 Å². The summed E-state index contributed by atoms with van der Waals surface area (Å²) in [6, 6.07) is -5.03. The Morgan fingerprint density at radius 2 is 1.65 bits per heavy atom. The summed E-state index contributed by atoms with van der Waals surface area (Å²) in [6.07, 6.45) is 2.91. The second-order valence-electron chi connectivity index (χ2n) is 7.90. The Bertz CT molecular complexity index is 846. The number of amides is 4. The van der Waals surface area contributed by atoms with Crippen LogP contribution in [-0.4, -0.2) is 80.6 Å². The number of rotatable bonds is 15. The number of hydrogen-bond donors (Lipinski definition) is 8. The molecule has 1 aromatic heterocycles. The molecular weight excluding hydrogens is 450 g/mol. The van der Waals surface area contributed by atoms with Crippen LogP contribution in [0.5, 0.6) is 0 Å². The smallest absolute Gasteiger partial charge is 0.326 e. The second-order valence-corrected chi connectivity index (χ2v) is 7.90. The van der Waals surface area contributed by atoms with Crippen LogP contribution >= 0.6 is 0 Å². The van der Waals surface area contributed by atoms with E-state index in [0.29, 0.717) is 12.1 Å². The molecule has 34 heavy (non-hydrogen) atoms. The Balaban J connectivity index is 2.93. The maximum Gasteiger partial charge on any atom is 0.326 e. The molecule has 5 unspecified atom stereocenters. The first-order chi connectivity index (χ1) is 16.0. The van der Waals surface area contributed by atoms with Gasteiger partial charge in [-0.15, -0.1) is 0 Å². The number of aliphatic hydroxyl groups is 1. The largest absolute Gasteiger partial charge is 0.480 e. The average molecular weight is 484 g/mol. The number of primary amides is 1. The third kappa shape index (κ3) is 9.15. The van der Waals surface area contributed by atoms with Crippen LogP contribution in [-0.2, 0) is 30.4 Å². The lowest BCUT2D eigenvalue weighted by molar-refractivity contribution is -0.143. The van der Waals surface area contributed by atoms with Gasteiger partial charge in [0.1, 0.15) is 18.1 Å². The molecule has 14 heteroatoms. The van der Waals surface area contributed by atoms with Gasteiger partial charge in [-0.2, -0.15) is 0 Å². The summed E-state index contributed by atoms with van der Waals surface area (Å²) in [5, 5.41) is 25.8. The molecule has 1 rings (SSSR count). The fourth-order valence-corrected chi connectivity index (χ4v) is 2.89. The lowest BCUT2D eigenvalue weighted by Gasteiger charge is -2.25. The molecule has 0 aliphatic carbocycles. The number of carbonyl (C=O) groups is 5. The second kappa shape index (κ2) is 13.9. The Kier molecular flexibility index (Phi) is 11.7. The Hall–Kier alpha value is -3.52. The van der Waals surface area contributed by atoms with Crippen LogP contribution in [0.15, 0.2) is 12.5 Å². The summed E-state index contributed by atoms with van der Waals surface area (Å²) in [7, 11) is 0. The summed E-state index contributed by atoms with van der Waals surface area (Å²) in [5.41, 5.74) is 11.5. The summed E-state index contributed by atoms with van der Waals surface area (Å²) >= 11 is 0. The standard InChI is InChI=1S/C20H33N7O7/c1-3-10(2)16(22)19(32)26-13(6-11-7-23-9-24-11)17(30)27-14(8-28)18(31)25-12(20(33)34)4-5-15(21)29/h7,9-10,12-14,16,28H,3-6,8,22H2,1-2H3,(H2,21,29)(H,23,24)(H,25,31)(H,26,32)(H,27,30)(H,33,34). The first kappa shape index (κ1) is 28.5. The van der Waals surface area contributed by atoms with Gasteiger partial charge < -0.3 is 42.6 Å². The molecule has 10 N–H and O–H groups in total. The molecular formula is C20H33N7O7. The van der Waals surface area contributed by atoms with Gasteiger partial charge in [0.25, 0.3) is 0 Å². The number of aromatic nitrogens is 2. The van der Waals surface area contributed by atoms with Gasteiger partial charge in [-0.1, -0.05) is 20.3 Å². The number of aliphatic carboxylic acids is 1. The van der Waals surface area contributed by atoms with Crippen LogP contribution in [0.1, 0.15) is 38.8 Å². The fourth-order valence-electron chi connectivity index (χ4n) is 2.89. The molecule has 14 nitrogen and oxygen atoms in total. The highest BCUT2D eigenvalue weighted by Gasteiger charge is 2.31. The van der Waals surface area contributed by atoms with E-state index in [4.69, 9.17) is 11.5 Å². The number of nitrogens with one attached hydrogen (secondary N) is 4. The van der Waals surface area contributed by atoms with Crippen molar-refractivity contribution in [3.63, 3.8) is 0 Å². The molecule has 0 aromatic carbocycles. The van der Waals surface area contributed by atoms with Crippen molar-refractivity contribution < 1.29 is 34.2 Å². The molecule has 0 saturated heterocycles. The van der Waals surface area contributed by atoms with E-state index in [-0.39, 0.29) is 25.2 Å². The van der Waals surface area contributed by atoms with Gasteiger partial charge in [-0.05, 0) is 12.3 Å². The maximum atomic E-state index is 12.9. The van der Waals surface area contributed by atoms with E-state index in [1.807, 2.05) is 6.92 Å². The van der Waals surface area contributed by atoms with Crippen molar-refractivity contribution in [2.45, 2.75) is 63.7 Å². The van der Waals surface area contributed by atoms with Gasteiger partial charge in [-0.25, -0.2) is 9.78 Å². The zero-order chi connectivity index (χ0) is 25.8. The van der Waals surface area contributed by atoms with E-state index in [2.05, 4.69) is 25.9 Å². The van der Waals surface area contributed by atoms with Gasteiger partial charge in [0.05, 0.1) is 19.0 Å². The van der Waals surface area contributed by atoms with Crippen molar-refractivity contribution >= 4 is 29.6 Å². The third-order valence-corrected chi connectivity index (χ3v) is 5.28. The zero-order valence-corrected chi connectivity index (χ0v) is 19.1. The molecule has 1 aromatic rings. The highest BCUT2D eigenvalue weighted by Crippen LogP contribution is 2.07. The SMILES string of the molecule is CCC(C)C(N)C(=O)NC(Cc1cnc[nH]1)C(=O)NC(CO)C(=O)NC(CCC(N)=O)C(=O)O. The summed E-state index contributed by atoms with van der Waals surface area (Å²) in [5.74, 6) is -4.69. The number of imidazole rings is 1. The van der Waals surface area contributed by atoms with Crippen LogP contribution in [0.4, 0.5) is 0 Å². The van der Waals surface area contributed by atoms with Crippen molar-refractivity contribution in [3.8, 4) is 0 Å². The lowest BCUT2D eigenvalue weighted by Crippen LogP contribution is -2.59. The number of nitrogens with zero attached hydrogens (tertiary/aromatic N) is 1. The van der Waals surface area contributed by atoms with E-state index < -0.39 is 60.4 Å². The first-order valence-electron chi connectivity index (χ1n) is 10.8. The molecule has 0 aliphatic rings. The number of nitrogens with two attached hydrogens (primary N) is 2. The Morgan fingerprint density at radius 1 is 1.06 bits per heavy atom. The van der Waals surface area contributed by atoms with Crippen LogP contribution < -0.4 is 27.4 Å². The van der Waals surface area contributed by atoms with Crippen LogP contribution in [0.25, 0.3) is 0 Å².